The maximum absolute atomic E-state index is 12.0. The third kappa shape index (κ3) is 2.67. The van der Waals surface area contributed by atoms with Gasteiger partial charge < -0.3 is 4.57 Å². The van der Waals surface area contributed by atoms with Crippen molar-refractivity contribution in [1.29, 1.82) is 0 Å². The number of hydrogen-bond donors (Lipinski definition) is 0. The largest absolute Gasteiger partial charge is 0.348 e. The Bertz CT molecular complexity index is 679. The SMILES string of the molecule is Cc1cc(C)n(CCCn2c(C)cc3c2CCCC3=O)n1. The lowest BCUT2D eigenvalue weighted by Crippen LogP contribution is -2.15. The molecular weight excluding hydrogens is 262 g/mol. The van der Waals surface area contributed by atoms with Crippen LogP contribution in [0.1, 0.15) is 52.4 Å². The van der Waals surface area contributed by atoms with E-state index in [1.54, 1.807) is 0 Å². The molecule has 0 bridgehead atoms. The summed E-state index contributed by atoms with van der Waals surface area (Å²) < 4.78 is 4.41. The summed E-state index contributed by atoms with van der Waals surface area (Å²) in [6.07, 6.45) is 3.78. The van der Waals surface area contributed by atoms with Crippen LogP contribution >= 0.6 is 0 Å². The van der Waals surface area contributed by atoms with E-state index in [9.17, 15) is 4.79 Å². The molecule has 1 aliphatic carbocycles. The van der Waals surface area contributed by atoms with E-state index in [2.05, 4.69) is 40.3 Å². The normalized spacial score (nSPS) is 14.5. The van der Waals surface area contributed by atoms with Crippen LogP contribution in [-0.4, -0.2) is 20.1 Å². The number of rotatable bonds is 4. The highest BCUT2D eigenvalue weighted by Gasteiger charge is 2.22. The summed E-state index contributed by atoms with van der Waals surface area (Å²) in [6.45, 7) is 8.13. The third-order valence-corrected chi connectivity index (χ3v) is 4.39. The maximum Gasteiger partial charge on any atom is 0.164 e. The summed E-state index contributed by atoms with van der Waals surface area (Å²) in [5.41, 5.74) is 5.71. The second-order valence-corrected chi connectivity index (χ2v) is 6.08. The number of carbonyl (C=O) groups is 1. The molecule has 0 fully saturated rings. The molecule has 0 saturated carbocycles. The Hall–Kier alpha value is -1.84. The molecule has 2 aromatic rings. The molecule has 0 unspecified atom stereocenters. The monoisotopic (exact) mass is 285 g/mol. The lowest BCUT2D eigenvalue weighted by Gasteiger charge is -2.16. The van der Waals surface area contributed by atoms with Crippen LogP contribution in [0.2, 0.25) is 0 Å². The molecule has 0 spiro atoms. The molecule has 2 heterocycles. The highest BCUT2D eigenvalue weighted by atomic mass is 16.1. The van der Waals surface area contributed by atoms with Gasteiger partial charge in [0.2, 0.25) is 0 Å². The minimum Gasteiger partial charge on any atom is -0.348 e. The molecule has 0 amide bonds. The highest BCUT2D eigenvalue weighted by molar-refractivity contribution is 5.98. The number of ketones is 1. The third-order valence-electron chi connectivity index (χ3n) is 4.39. The van der Waals surface area contributed by atoms with Gasteiger partial charge in [0, 0.05) is 42.2 Å². The van der Waals surface area contributed by atoms with Crippen molar-refractivity contribution in [3.05, 3.63) is 40.5 Å². The van der Waals surface area contributed by atoms with Crippen molar-refractivity contribution < 1.29 is 4.79 Å². The van der Waals surface area contributed by atoms with E-state index in [1.807, 2.05) is 6.92 Å². The summed E-state index contributed by atoms with van der Waals surface area (Å²) in [5.74, 6) is 0.316. The van der Waals surface area contributed by atoms with Gasteiger partial charge in [-0.05, 0) is 52.2 Å². The lowest BCUT2D eigenvalue weighted by atomic mass is 9.96. The van der Waals surface area contributed by atoms with Crippen molar-refractivity contribution in [2.45, 2.75) is 59.5 Å². The number of aromatic nitrogens is 3. The fourth-order valence-corrected chi connectivity index (χ4v) is 3.38. The van der Waals surface area contributed by atoms with Crippen molar-refractivity contribution in [2.75, 3.05) is 0 Å². The highest BCUT2D eigenvalue weighted by Crippen LogP contribution is 2.25. The zero-order valence-corrected chi connectivity index (χ0v) is 13.1. The first kappa shape index (κ1) is 14.1. The lowest BCUT2D eigenvalue weighted by molar-refractivity contribution is 0.0971. The van der Waals surface area contributed by atoms with Crippen LogP contribution in [0.25, 0.3) is 0 Å². The van der Waals surface area contributed by atoms with E-state index in [4.69, 9.17) is 0 Å². The fourth-order valence-electron chi connectivity index (χ4n) is 3.38. The van der Waals surface area contributed by atoms with E-state index >= 15 is 0 Å². The Labute approximate surface area is 125 Å². The maximum atomic E-state index is 12.0. The van der Waals surface area contributed by atoms with Crippen LogP contribution in [0.4, 0.5) is 0 Å². The number of carbonyl (C=O) groups excluding carboxylic acids is 1. The number of hydrogen-bond acceptors (Lipinski definition) is 2. The van der Waals surface area contributed by atoms with Crippen LogP contribution in [0, 0.1) is 20.8 Å². The van der Waals surface area contributed by atoms with Gasteiger partial charge in [0.15, 0.2) is 5.78 Å². The molecule has 0 aliphatic heterocycles. The number of fused-ring (bicyclic) bond motifs is 1. The topological polar surface area (TPSA) is 39.8 Å². The van der Waals surface area contributed by atoms with Crippen LogP contribution < -0.4 is 0 Å². The van der Waals surface area contributed by atoms with Crippen molar-refractivity contribution in [3.63, 3.8) is 0 Å². The van der Waals surface area contributed by atoms with Crippen LogP contribution in [0.3, 0.4) is 0 Å². The zero-order valence-electron chi connectivity index (χ0n) is 13.1. The minimum atomic E-state index is 0.316. The van der Waals surface area contributed by atoms with Gasteiger partial charge in [-0.2, -0.15) is 5.10 Å². The molecule has 112 valence electrons. The van der Waals surface area contributed by atoms with Crippen molar-refractivity contribution >= 4 is 5.78 Å². The summed E-state index contributed by atoms with van der Waals surface area (Å²) >= 11 is 0. The van der Waals surface area contributed by atoms with Gasteiger partial charge in [-0.1, -0.05) is 0 Å². The van der Waals surface area contributed by atoms with Gasteiger partial charge >= 0.3 is 0 Å². The first-order valence-corrected chi connectivity index (χ1v) is 7.79. The molecule has 1 aliphatic rings. The van der Waals surface area contributed by atoms with Crippen LogP contribution in [0.5, 0.6) is 0 Å². The Balaban J connectivity index is 1.71. The Morgan fingerprint density at radius 3 is 2.62 bits per heavy atom. The fraction of sp³-hybridized carbons (Fsp3) is 0.529. The molecule has 2 aromatic heterocycles. The average molecular weight is 285 g/mol. The quantitative estimate of drug-likeness (QED) is 0.865. The molecule has 3 rings (SSSR count). The predicted molar refractivity (Wildman–Crippen MR) is 82.8 cm³/mol. The van der Waals surface area contributed by atoms with Gasteiger partial charge in [0.25, 0.3) is 0 Å². The molecule has 0 radical (unpaired) electrons. The van der Waals surface area contributed by atoms with Gasteiger partial charge in [0.1, 0.15) is 0 Å². The molecule has 0 atom stereocenters. The van der Waals surface area contributed by atoms with E-state index < -0.39 is 0 Å². The van der Waals surface area contributed by atoms with Crippen LogP contribution in [0.15, 0.2) is 12.1 Å². The smallest absolute Gasteiger partial charge is 0.164 e. The molecule has 4 heteroatoms. The van der Waals surface area contributed by atoms with E-state index in [1.165, 1.54) is 17.1 Å². The zero-order chi connectivity index (χ0) is 15.0. The van der Waals surface area contributed by atoms with E-state index in [-0.39, 0.29) is 0 Å². The Morgan fingerprint density at radius 2 is 1.90 bits per heavy atom. The molecular formula is C17H23N3O. The molecule has 4 nitrogen and oxygen atoms in total. The molecule has 0 aromatic carbocycles. The predicted octanol–water partition coefficient (Wildman–Crippen LogP) is 3.22. The van der Waals surface area contributed by atoms with Crippen LogP contribution in [-0.2, 0) is 19.5 Å². The van der Waals surface area contributed by atoms with Gasteiger partial charge in [0.05, 0.1) is 5.69 Å². The summed E-state index contributed by atoms with van der Waals surface area (Å²) in [7, 11) is 0. The van der Waals surface area contributed by atoms with Crippen molar-refractivity contribution in [3.8, 4) is 0 Å². The number of aryl methyl sites for hydroxylation is 4. The summed E-state index contributed by atoms with van der Waals surface area (Å²) in [5, 5.41) is 4.50. The first-order chi connectivity index (χ1) is 10.1. The van der Waals surface area contributed by atoms with E-state index in [0.717, 1.165) is 43.6 Å². The molecule has 21 heavy (non-hydrogen) atoms. The summed E-state index contributed by atoms with van der Waals surface area (Å²) in [4.78, 5) is 12.0. The van der Waals surface area contributed by atoms with Crippen molar-refractivity contribution in [2.24, 2.45) is 0 Å². The van der Waals surface area contributed by atoms with Gasteiger partial charge in [-0.3, -0.25) is 9.48 Å². The molecule has 0 saturated heterocycles. The van der Waals surface area contributed by atoms with E-state index in [0.29, 0.717) is 12.2 Å². The minimum absolute atomic E-state index is 0.316. The Kier molecular flexibility index (Phi) is 3.70. The van der Waals surface area contributed by atoms with Crippen molar-refractivity contribution in [1.82, 2.24) is 14.3 Å². The first-order valence-electron chi connectivity index (χ1n) is 7.79. The Morgan fingerprint density at radius 1 is 1.10 bits per heavy atom. The standard InChI is InChI=1S/C17H23N3O/c1-12-10-14(3)20(18-12)9-5-8-19-13(2)11-15-16(19)6-4-7-17(15)21/h10-11H,4-9H2,1-3H3. The molecule has 0 N–H and O–H groups in total. The second kappa shape index (κ2) is 5.51. The second-order valence-electron chi connectivity index (χ2n) is 6.08. The number of Topliss-reactive ketones (excluding diaryl/α,β-unsaturated/α-hetero) is 1. The van der Waals surface area contributed by atoms with Gasteiger partial charge in [-0.15, -0.1) is 0 Å². The summed E-state index contributed by atoms with van der Waals surface area (Å²) in [6, 6.07) is 4.18. The number of nitrogens with zero attached hydrogens (tertiary/aromatic N) is 3. The average Bonchev–Trinajstić information content (AvgIpc) is 2.92. The van der Waals surface area contributed by atoms with Gasteiger partial charge in [-0.25, -0.2) is 0 Å².